The van der Waals surface area contributed by atoms with E-state index in [9.17, 15) is 9.18 Å². The summed E-state index contributed by atoms with van der Waals surface area (Å²) in [7, 11) is 0. The van der Waals surface area contributed by atoms with Crippen LogP contribution in [-0.2, 0) is 4.74 Å². The summed E-state index contributed by atoms with van der Waals surface area (Å²) in [5.41, 5.74) is 2.79. The van der Waals surface area contributed by atoms with Gasteiger partial charge in [0.05, 0.1) is 35.3 Å². The molecule has 122 valence electrons. The second-order valence-electron chi connectivity index (χ2n) is 5.87. The van der Waals surface area contributed by atoms with Gasteiger partial charge in [0.1, 0.15) is 5.82 Å². The maximum atomic E-state index is 13.1. The lowest BCUT2D eigenvalue weighted by atomic mass is 10.1. The van der Waals surface area contributed by atoms with E-state index in [-0.39, 0.29) is 17.8 Å². The van der Waals surface area contributed by atoms with Crippen molar-refractivity contribution in [3.63, 3.8) is 0 Å². The molecule has 2 heterocycles. The molecule has 6 heteroatoms. The first kappa shape index (κ1) is 15.7. The predicted molar refractivity (Wildman–Crippen MR) is 84.3 cm³/mol. The van der Waals surface area contributed by atoms with Crippen molar-refractivity contribution in [3.8, 4) is 5.69 Å². The summed E-state index contributed by atoms with van der Waals surface area (Å²) in [4.78, 5) is 14.6. The Morgan fingerprint density at radius 3 is 2.65 bits per heavy atom. The highest BCUT2D eigenvalue weighted by atomic mass is 19.1. The first-order chi connectivity index (χ1) is 11.0. The van der Waals surface area contributed by atoms with Crippen molar-refractivity contribution < 1.29 is 13.9 Å². The number of ether oxygens (including phenoxy) is 1. The fraction of sp³-hybridized carbons (Fsp3) is 0.412. The van der Waals surface area contributed by atoms with Gasteiger partial charge in [0, 0.05) is 13.1 Å². The molecule has 2 aromatic rings. The van der Waals surface area contributed by atoms with E-state index in [0.717, 1.165) is 11.4 Å². The van der Waals surface area contributed by atoms with Crippen LogP contribution in [-0.4, -0.2) is 46.4 Å². The van der Waals surface area contributed by atoms with Crippen molar-refractivity contribution in [1.29, 1.82) is 0 Å². The van der Waals surface area contributed by atoms with Gasteiger partial charge in [0.2, 0.25) is 0 Å². The number of hydrogen-bond donors (Lipinski definition) is 0. The highest BCUT2D eigenvalue weighted by molar-refractivity contribution is 5.96. The summed E-state index contributed by atoms with van der Waals surface area (Å²) in [5.74, 6) is -0.322. The van der Waals surface area contributed by atoms with Crippen LogP contribution in [0.3, 0.4) is 0 Å². The molecule has 3 rings (SSSR count). The first-order valence-corrected chi connectivity index (χ1v) is 7.70. The van der Waals surface area contributed by atoms with Crippen molar-refractivity contribution in [1.82, 2.24) is 14.7 Å². The van der Waals surface area contributed by atoms with E-state index in [1.165, 1.54) is 12.1 Å². The molecule has 5 nitrogen and oxygen atoms in total. The number of aromatic nitrogens is 2. The Hall–Kier alpha value is -2.21. The topological polar surface area (TPSA) is 47.4 Å². The lowest BCUT2D eigenvalue weighted by molar-refractivity contribution is -0.0124. The van der Waals surface area contributed by atoms with Crippen LogP contribution in [0.5, 0.6) is 0 Å². The zero-order chi connectivity index (χ0) is 16.6. The smallest absolute Gasteiger partial charge is 0.257 e. The number of rotatable bonds is 2. The molecule has 23 heavy (non-hydrogen) atoms. The molecule has 1 aromatic carbocycles. The number of carbonyl (C=O) groups excluding carboxylic acids is 1. The second kappa shape index (κ2) is 6.12. The molecular weight excluding hydrogens is 297 g/mol. The standard InChI is InChI=1S/C17H20FN3O2/c1-11-10-20(8-9-23-11)17(22)16-12(2)19-21(13(16)3)15-6-4-14(18)5-7-15/h4-7,11H,8-10H2,1-3H3. The maximum absolute atomic E-state index is 13.1. The zero-order valence-corrected chi connectivity index (χ0v) is 13.5. The number of benzene rings is 1. The molecule has 0 radical (unpaired) electrons. The Kier molecular flexibility index (Phi) is 4.17. The van der Waals surface area contributed by atoms with E-state index in [1.54, 1.807) is 21.7 Å². The third kappa shape index (κ3) is 2.99. The third-order valence-electron chi connectivity index (χ3n) is 4.10. The number of carbonyl (C=O) groups is 1. The normalized spacial score (nSPS) is 18.3. The molecule has 1 aliphatic rings. The van der Waals surface area contributed by atoms with Crippen molar-refractivity contribution in [2.75, 3.05) is 19.7 Å². The van der Waals surface area contributed by atoms with Crippen LogP contribution in [0.2, 0.25) is 0 Å². The average molecular weight is 317 g/mol. The van der Waals surface area contributed by atoms with Gasteiger partial charge < -0.3 is 9.64 Å². The van der Waals surface area contributed by atoms with Crippen molar-refractivity contribution in [2.45, 2.75) is 26.9 Å². The molecular formula is C17H20FN3O2. The summed E-state index contributed by atoms with van der Waals surface area (Å²) in [6, 6.07) is 6.08. The lowest BCUT2D eigenvalue weighted by Gasteiger charge is -2.31. The SMILES string of the molecule is Cc1nn(-c2ccc(F)cc2)c(C)c1C(=O)N1CCOC(C)C1. The minimum Gasteiger partial charge on any atom is -0.375 e. The highest BCUT2D eigenvalue weighted by Gasteiger charge is 2.27. The monoisotopic (exact) mass is 317 g/mol. The summed E-state index contributed by atoms with van der Waals surface area (Å²) in [6.45, 7) is 7.37. The molecule has 1 amide bonds. The molecule has 1 saturated heterocycles. The van der Waals surface area contributed by atoms with Gasteiger partial charge in [-0.15, -0.1) is 0 Å². The highest BCUT2D eigenvalue weighted by Crippen LogP contribution is 2.21. The van der Waals surface area contributed by atoms with Crippen LogP contribution < -0.4 is 0 Å². The van der Waals surface area contributed by atoms with E-state index >= 15 is 0 Å². The minimum absolute atomic E-state index is 0.0245. The fourth-order valence-corrected chi connectivity index (χ4v) is 2.95. The Morgan fingerprint density at radius 2 is 2.00 bits per heavy atom. The number of hydrogen-bond acceptors (Lipinski definition) is 3. The molecule has 1 aromatic heterocycles. The molecule has 0 N–H and O–H groups in total. The van der Waals surface area contributed by atoms with E-state index in [2.05, 4.69) is 5.10 Å². The second-order valence-corrected chi connectivity index (χ2v) is 5.87. The quantitative estimate of drug-likeness (QED) is 0.855. The van der Waals surface area contributed by atoms with E-state index < -0.39 is 0 Å². The van der Waals surface area contributed by atoms with Gasteiger partial charge >= 0.3 is 0 Å². The van der Waals surface area contributed by atoms with E-state index in [0.29, 0.717) is 31.0 Å². The van der Waals surface area contributed by atoms with Crippen LogP contribution in [0.1, 0.15) is 28.7 Å². The largest absolute Gasteiger partial charge is 0.375 e. The van der Waals surface area contributed by atoms with Gasteiger partial charge in [0.25, 0.3) is 5.91 Å². The van der Waals surface area contributed by atoms with Crippen LogP contribution in [0.4, 0.5) is 4.39 Å². The molecule has 0 aliphatic carbocycles. The van der Waals surface area contributed by atoms with Gasteiger partial charge in [-0.3, -0.25) is 4.79 Å². The Balaban J connectivity index is 1.94. The molecule has 1 atom stereocenters. The summed E-state index contributed by atoms with van der Waals surface area (Å²) in [5, 5.41) is 4.46. The fourth-order valence-electron chi connectivity index (χ4n) is 2.95. The van der Waals surface area contributed by atoms with Gasteiger partial charge in [-0.25, -0.2) is 9.07 Å². The van der Waals surface area contributed by atoms with E-state index in [1.807, 2.05) is 20.8 Å². The molecule has 0 bridgehead atoms. The zero-order valence-electron chi connectivity index (χ0n) is 13.5. The van der Waals surface area contributed by atoms with Gasteiger partial charge in [-0.2, -0.15) is 5.10 Å². The molecule has 0 saturated carbocycles. The Labute approximate surface area is 134 Å². The lowest BCUT2D eigenvalue weighted by Crippen LogP contribution is -2.44. The Bertz CT molecular complexity index is 724. The maximum Gasteiger partial charge on any atom is 0.257 e. The summed E-state index contributed by atoms with van der Waals surface area (Å²) < 4.78 is 20.3. The Morgan fingerprint density at radius 1 is 1.30 bits per heavy atom. The average Bonchev–Trinajstić information content (AvgIpc) is 2.82. The molecule has 1 aliphatic heterocycles. The predicted octanol–water partition coefficient (Wildman–Crippen LogP) is 2.49. The number of halogens is 1. The molecule has 0 spiro atoms. The van der Waals surface area contributed by atoms with Crippen LogP contribution in [0, 0.1) is 19.7 Å². The van der Waals surface area contributed by atoms with Crippen molar-refractivity contribution in [3.05, 3.63) is 47.0 Å². The minimum atomic E-state index is -0.297. The molecule has 1 fully saturated rings. The van der Waals surface area contributed by atoms with E-state index in [4.69, 9.17) is 4.74 Å². The first-order valence-electron chi connectivity index (χ1n) is 7.70. The van der Waals surface area contributed by atoms with Crippen molar-refractivity contribution in [2.24, 2.45) is 0 Å². The van der Waals surface area contributed by atoms with Crippen molar-refractivity contribution >= 4 is 5.91 Å². The summed E-state index contributed by atoms with van der Waals surface area (Å²) >= 11 is 0. The summed E-state index contributed by atoms with van der Waals surface area (Å²) in [6.07, 6.45) is 0.0421. The number of morpholine rings is 1. The number of amides is 1. The van der Waals surface area contributed by atoms with Gasteiger partial charge in [0.15, 0.2) is 0 Å². The molecule has 1 unspecified atom stereocenters. The third-order valence-corrected chi connectivity index (χ3v) is 4.10. The number of nitrogens with zero attached hydrogens (tertiary/aromatic N) is 3. The van der Waals surface area contributed by atoms with Gasteiger partial charge in [-0.05, 0) is 45.0 Å². The van der Waals surface area contributed by atoms with Crippen LogP contribution in [0.25, 0.3) is 5.69 Å². The van der Waals surface area contributed by atoms with Crippen LogP contribution in [0.15, 0.2) is 24.3 Å². The van der Waals surface area contributed by atoms with Crippen LogP contribution >= 0.6 is 0 Å². The number of aryl methyl sites for hydroxylation is 1. The van der Waals surface area contributed by atoms with Gasteiger partial charge in [-0.1, -0.05) is 0 Å².